The molecule has 198 valence electrons. The first kappa shape index (κ1) is 27.1. The highest BCUT2D eigenvalue weighted by Crippen LogP contribution is 2.39. The van der Waals surface area contributed by atoms with Gasteiger partial charge in [0.15, 0.2) is 11.5 Å². The maximum Gasteiger partial charge on any atom is 0.411 e. The molecule has 1 amide bonds. The second-order valence-corrected chi connectivity index (χ2v) is 10.1. The van der Waals surface area contributed by atoms with Crippen LogP contribution in [-0.4, -0.2) is 42.7 Å². The lowest BCUT2D eigenvalue weighted by molar-refractivity contribution is 0.201. The Hall–Kier alpha value is -3.91. The molecule has 0 aliphatic heterocycles. The van der Waals surface area contributed by atoms with Gasteiger partial charge in [0.05, 0.1) is 25.4 Å². The lowest BCUT2D eigenvalue weighted by atomic mass is 10.1. The number of aromatic nitrogens is 1. The van der Waals surface area contributed by atoms with Crippen LogP contribution in [0, 0.1) is 20.8 Å². The van der Waals surface area contributed by atoms with Gasteiger partial charge in [0.25, 0.3) is 0 Å². The minimum Gasteiger partial charge on any atom is -0.493 e. The van der Waals surface area contributed by atoms with E-state index < -0.39 is 6.09 Å². The first-order valence-electron chi connectivity index (χ1n) is 12.3. The highest BCUT2D eigenvalue weighted by molar-refractivity contribution is 7.99. The van der Waals surface area contributed by atoms with Gasteiger partial charge in [-0.3, -0.25) is 9.88 Å². The van der Waals surface area contributed by atoms with E-state index in [1.807, 2.05) is 38.1 Å². The van der Waals surface area contributed by atoms with Gasteiger partial charge in [0.1, 0.15) is 11.5 Å². The summed E-state index contributed by atoms with van der Waals surface area (Å²) in [6.45, 7) is 6.33. The number of nitrogens with zero attached hydrogens (tertiary/aromatic N) is 2. The molecular formula is C30H32N2O5S. The zero-order valence-corrected chi connectivity index (χ0v) is 23.1. The molecule has 0 aliphatic carbocycles. The monoisotopic (exact) mass is 532 g/mol. The molecule has 0 radical (unpaired) electrons. The third kappa shape index (κ3) is 5.97. The van der Waals surface area contributed by atoms with Crippen molar-refractivity contribution >= 4 is 34.4 Å². The van der Waals surface area contributed by atoms with Gasteiger partial charge in [0.2, 0.25) is 0 Å². The van der Waals surface area contributed by atoms with Crippen LogP contribution in [0.1, 0.15) is 23.1 Å². The van der Waals surface area contributed by atoms with E-state index in [4.69, 9.17) is 14.2 Å². The predicted octanol–water partition coefficient (Wildman–Crippen LogP) is 7.64. The molecule has 1 heterocycles. The number of thioether (sulfide) groups is 1. The second kappa shape index (κ2) is 12.1. The average Bonchev–Trinajstić information content (AvgIpc) is 2.92. The Labute approximate surface area is 227 Å². The van der Waals surface area contributed by atoms with E-state index in [-0.39, 0.29) is 0 Å². The summed E-state index contributed by atoms with van der Waals surface area (Å²) in [7, 11) is 3.17. The van der Waals surface area contributed by atoms with Crippen LogP contribution >= 0.6 is 11.8 Å². The Kier molecular flexibility index (Phi) is 8.63. The Bertz CT molecular complexity index is 1440. The summed E-state index contributed by atoms with van der Waals surface area (Å²) >= 11 is 1.73. The largest absolute Gasteiger partial charge is 0.493 e. The molecule has 4 rings (SSSR count). The fraction of sp³-hybridized carbons (Fsp3) is 0.267. The van der Waals surface area contributed by atoms with Crippen molar-refractivity contribution in [1.29, 1.82) is 0 Å². The lowest BCUT2D eigenvalue weighted by Gasteiger charge is -2.23. The number of pyridine rings is 1. The van der Waals surface area contributed by atoms with Gasteiger partial charge in [-0.1, -0.05) is 17.7 Å². The predicted molar refractivity (Wildman–Crippen MR) is 153 cm³/mol. The molecule has 3 aromatic carbocycles. The number of amides is 1. The number of aryl methyl sites for hydroxylation is 1. The second-order valence-electron chi connectivity index (χ2n) is 8.92. The van der Waals surface area contributed by atoms with Gasteiger partial charge < -0.3 is 19.3 Å². The minimum atomic E-state index is -0.970. The van der Waals surface area contributed by atoms with Gasteiger partial charge in [-0.2, -0.15) is 0 Å². The topological polar surface area (TPSA) is 81.1 Å². The van der Waals surface area contributed by atoms with Crippen LogP contribution in [0.5, 0.6) is 23.0 Å². The molecule has 7 nitrogen and oxygen atoms in total. The number of hydrogen-bond acceptors (Lipinski definition) is 6. The van der Waals surface area contributed by atoms with Crippen molar-refractivity contribution < 1.29 is 24.1 Å². The molecule has 0 spiro atoms. The molecule has 0 aliphatic rings. The molecule has 38 heavy (non-hydrogen) atoms. The number of anilines is 1. The number of rotatable bonds is 10. The SMILES string of the molecule is COc1cc2nccc(Oc3ccc(N(CCCSc4ccc(C)cc4)C(=O)O)c(C)c3C)c2cc1OC. The van der Waals surface area contributed by atoms with Crippen molar-refractivity contribution in [2.24, 2.45) is 0 Å². The first-order valence-corrected chi connectivity index (χ1v) is 13.3. The zero-order chi connectivity index (χ0) is 27.2. The number of carbonyl (C=O) groups is 1. The van der Waals surface area contributed by atoms with Crippen LogP contribution in [0.3, 0.4) is 0 Å². The third-order valence-electron chi connectivity index (χ3n) is 6.47. The molecule has 0 unspecified atom stereocenters. The summed E-state index contributed by atoms with van der Waals surface area (Å²) in [6, 6.07) is 17.4. The van der Waals surface area contributed by atoms with Crippen molar-refractivity contribution in [1.82, 2.24) is 4.98 Å². The summed E-state index contributed by atoms with van der Waals surface area (Å²) in [5.41, 5.74) is 4.32. The number of fused-ring (bicyclic) bond motifs is 1. The van der Waals surface area contributed by atoms with Gasteiger partial charge >= 0.3 is 6.09 Å². The minimum absolute atomic E-state index is 0.408. The van der Waals surface area contributed by atoms with E-state index >= 15 is 0 Å². The third-order valence-corrected chi connectivity index (χ3v) is 7.57. The Morgan fingerprint density at radius 2 is 1.61 bits per heavy atom. The number of carboxylic acid groups (broad SMARTS) is 1. The Morgan fingerprint density at radius 3 is 2.29 bits per heavy atom. The summed E-state index contributed by atoms with van der Waals surface area (Å²) in [6.07, 6.45) is 1.44. The number of hydrogen-bond donors (Lipinski definition) is 1. The van der Waals surface area contributed by atoms with Gasteiger partial charge in [-0.05, 0) is 80.5 Å². The van der Waals surface area contributed by atoms with Crippen LogP contribution < -0.4 is 19.1 Å². The number of ether oxygens (including phenoxy) is 3. The fourth-order valence-electron chi connectivity index (χ4n) is 4.21. The molecule has 0 atom stereocenters. The van der Waals surface area contributed by atoms with Crippen molar-refractivity contribution in [2.75, 3.05) is 31.4 Å². The standard InChI is InChI=1S/C30H32N2O5S/c1-19-7-9-22(10-8-19)38-16-6-15-32(30(33)34)25-11-12-26(21(3)20(25)2)37-27-13-14-31-24-18-29(36-5)28(35-4)17-23(24)27/h7-14,17-18H,6,15-16H2,1-5H3,(H,33,34). The van der Waals surface area contributed by atoms with E-state index in [0.717, 1.165) is 28.7 Å². The van der Waals surface area contributed by atoms with Gasteiger partial charge in [-0.25, -0.2) is 4.79 Å². The van der Waals surface area contributed by atoms with Crippen LogP contribution in [-0.2, 0) is 0 Å². The van der Waals surface area contributed by atoms with Crippen LogP contribution in [0.25, 0.3) is 10.9 Å². The maximum absolute atomic E-state index is 12.2. The van der Waals surface area contributed by atoms with Crippen molar-refractivity contribution in [3.8, 4) is 23.0 Å². The molecule has 0 saturated carbocycles. The quantitative estimate of drug-likeness (QED) is 0.166. The average molecular weight is 533 g/mol. The Balaban J connectivity index is 1.53. The molecule has 0 fully saturated rings. The molecule has 1 aromatic heterocycles. The first-order chi connectivity index (χ1) is 18.3. The van der Waals surface area contributed by atoms with E-state index in [1.54, 1.807) is 38.2 Å². The maximum atomic E-state index is 12.2. The van der Waals surface area contributed by atoms with Crippen molar-refractivity contribution in [2.45, 2.75) is 32.1 Å². The molecule has 0 saturated heterocycles. The fourth-order valence-corrected chi connectivity index (χ4v) is 5.04. The van der Waals surface area contributed by atoms with Crippen LogP contribution in [0.2, 0.25) is 0 Å². The van der Waals surface area contributed by atoms with E-state index in [2.05, 4.69) is 36.2 Å². The molecule has 1 N–H and O–H groups in total. The highest BCUT2D eigenvalue weighted by atomic mass is 32.2. The highest BCUT2D eigenvalue weighted by Gasteiger charge is 2.20. The molecule has 4 aromatic rings. The summed E-state index contributed by atoms with van der Waals surface area (Å²) in [5.74, 6) is 3.27. The smallest absolute Gasteiger partial charge is 0.411 e. The zero-order valence-electron chi connectivity index (χ0n) is 22.3. The summed E-state index contributed by atoms with van der Waals surface area (Å²) in [5, 5.41) is 10.7. The molecular weight excluding hydrogens is 500 g/mol. The lowest BCUT2D eigenvalue weighted by Crippen LogP contribution is -2.31. The Morgan fingerprint density at radius 1 is 0.895 bits per heavy atom. The normalized spacial score (nSPS) is 10.9. The number of methoxy groups -OCH3 is 2. The van der Waals surface area contributed by atoms with E-state index in [1.165, 1.54) is 15.4 Å². The van der Waals surface area contributed by atoms with Crippen LogP contribution in [0.4, 0.5) is 10.5 Å². The van der Waals surface area contributed by atoms with Crippen molar-refractivity contribution in [3.63, 3.8) is 0 Å². The van der Waals surface area contributed by atoms with Gasteiger partial charge in [-0.15, -0.1) is 11.8 Å². The molecule has 0 bridgehead atoms. The summed E-state index contributed by atoms with van der Waals surface area (Å²) in [4.78, 5) is 19.2. The van der Waals surface area contributed by atoms with E-state index in [0.29, 0.717) is 40.7 Å². The van der Waals surface area contributed by atoms with Crippen LogP contribution in [0.15, 0.2) is 65.7 Å². The van der Waals surface area contributed by atoms with E-state index in [9.17, 15) is 9.90 Å². The number of benzene rings is 3. The molecule has 8 heteroatoms. The van der Waals surface area contributed by atoms with Gasteiger partial charge in [0, 0.05) is 29.1 Å². The summed E-state index contributed by atoms with van der Waals surface area (Å²) < 4.78 is 17.2. The van der Waals surface area contributed by atoms with Crippen molar-refractivity contribution in [3.05, 3.63) is 77.5 Å².